The van der Waals surface area contributed by atoms with Crippen LogP contribution in [0.1, 0.15) is 88.7 Å². The number of aliphatic hydroxyl groups is 1. The number of nitrogens with zero attached hydrogens (tertiary/aromatic N) is 1. The van der Waals surface area contributed by atoms with Gasteiger partial charge < -0.3 is 57.9 Å². The zero-order chi connectivity index (χ0) is 47.2. The number of H-pyrrole nitrogens is 1. The molecule has 1 unspecified atom stereocenters. The lowest BCUT2D eigenvalue weighted by atomic mass is 9.84. The average molecular weight is 912 g/mol. The zero-order valence-corrected chi connectivity index (χ0v) is 37.5. The van der Waals surface area contributed by atoms with Crippen molar-refractivity contribution in [1.82, 2.24) is 47.1 Å². The minimum atomic E-state index is -1.25. The maximum Gasteiger partial charge on any atom is 0.245 e. The number of amides is 7. The zero-order valence-electron chi connectivity index (χ0n) is 37.5. The molecule has 19 nitrogen and oxygen atoms in total. The fourth-order valence-electron chi connectivity index (χ4n) is 9.31. The Kier molecular flexibility index (Phi) is 17.5. The summed E-state index contributed by atoms with van der Waals surface area (Å²) < 4.78 is 0. The number of fused-ring (bicyclic) bond motifs is 2. The van der Waals surface area contributed by atoms with Crippen LogP contribution >= 0.6 is 0 Å². The summed E-state index contributed by atoms with van der Waals surface area (Å²) in [5.41, 5.74) is 7.83. The SMILES string of the molecule is CC(=O)N[C@@H](Cc1ccccc1)C(=O)NC1CCCNC(=O)[C@H](CCCNC(=N)N)NC(=O)[C@H](Cc2c[nH]c3ccccc23)NC(=O)[C@@H](CC2CCCCC2)NC(=O)[C@@H]2C[C@@H](O)CN2C1=O. The molecule has 3 aliphatic rings. The molecule has 3 heterocycles. The first-order valence-electron chi connectivity index (χ1n) is 23.2. The van der Waals surface area contributed by atoms with Gasteiger partial charge in [0.15, 0.2) is 5.96 Å². The van der Waals surface area contributed by atoms with Gasteiger partial charge in [0, 0.05) is 62.9 Å². The number of carbonyl (C=O) groups excluding carboxylic acids is 7. The van der Waals surface area contributed by atoms with Gasteiger partial charge in [-0.15, -0.1) is 0 Å². The van der Waals surface area contributed by atoms with E-state index in [1.54, 1.807) is 18.3 Å². The van der Waals surface area contributed by atoms with Gasteiger partial charge in [-0.05, 0) is 55.2 Å². The monoisotopic (exact) mass is 912 g/mol. The fraction of sp³-hybridized carbons (Fsp3) is 0.532. The van der Waals surface area contributed by atoms with E-state index in [-0.39, 0.29) is 76.5 Å². The first-order valence-corrected chi connectivity index (χ1v) is 23.2. The molecule has 2 aliphatic heterocycles. The molecule has 7 atom stereocenters. The van der Waals surface area contributed by atoms with Crippen molar-refractivity contribution >= 4 is 58.2 Å². The van der Waals surface area contributed by atoms with Gasteiger partial charge in [-0.1, -0.05) is 80.6 Å². The fourth-order valence-corrected chi connectivity index (χ4v) is 9.31. The van der Waals surface area contributed by atoms with E-state index in [1.165, 1.54) is 11.8 Å². The molecule has 1 aliphatic carbocycles. The van der Waals surface area contributed by atoms with Crippen molar-refractivity contribution in [3.8, 4) is 0 Å². The standard InChI is InChI=1S/C47H65N11O8/c1-28(59)53-37(22-29-12-4-2-5-13-29)42(62)55-36-19-11-20-50-41(61)35(18-10-21-51-47(48)49)54-44(64)39(24-31-26-52-34-17-9-8-16-33(31)34)56-43(63)38(23-30-14-6-3-7-15-30)57-45(65)40-25-32(60)27-58(40)46(36)66/h2,4-5,8-9,12-13,16-17,26,30,32,35-40,52,60H,3,6-7,10-11,14-15,18-25,27H2,1H3,(H,50,61)(H,53,59)(H,54,64)(H,55,62)(H,56,63)(H,57,65)(H4,48,49,51)/t32-,35+,36?,37+,38-,39+,40+/m1/s1. The Labute approximate surface area is 384 Å². The van der Waals surface area contributed by atoms with Gasteiger partial charge in [0.25, 0.3) is 0 Å². The van der Waals surface area contributed by atoms with E-state index in [2.05, 4.69) is 42.2 Å². The Morgan fingerprint density at radius 2 is 1.56 bits per heavy atom. The highest BCUT2D eigenvalue weighted by atomic mass is 16.3. The molecule has 12 N–H and O–H groups in total. The smallest absolute Gasteiger partial charge is 0.245 e. The van der Waals surface area contributed by atoms with E-state index in [9.17, 15) is 38.7 Å². The molecule has 0 spiro atoms. The average Bonchev–Trinajstić information content (AvgIpc) is 3.90. The molecule has 2 aromatic carbocycles. The molecule has 1 saturated carbocycles. The maximum atomic E-state index is 14.6. The molecule has 2 saturated heterocycles. The lowest BCUT2D eigenvalue weighted by Crippen LogP contribution is -2.60. The Morgan fingerprint density at radius 1 is 0.864 bits per heavy atom. The molecule has 356 valence electrons. The van der Waals surface area contributed by atoms with Crippen LogP contribution in [0.2, 0.25) is 0 Å². The number of hydrogen-bond acceptors (Lipinski definition) is 9. The highest BCUT2D eigenvalue weighted by Crippen LogP contribution is 2.28. The van der Waals surface area contributed by atoms with Crippen LogP contribution in [0.5, 0.6) is 0 Å². The molecule has 0 radical (unpaired) electrons. The van der Waals surface area contributed by atoms with Crippen LogP contribution in [0.3, 0.4) is 0 Å². The van der Waals surface area contributed by atoms with Crippen LogP contribution in [0.4, 0.5) is 0 Å². The molecule has 1 aromatic heterocycles. The van der Waals surface area contributed by atoms with Gasteiger partial charge >= 0.3 is 0 Å². The predicted molar refractivity (Wildman–Crippen MR) is 246 cm³/mol. The summed E-state index contributed by atoms with van der Waals surface area (Å²) in [7, 11) is 0. The van der Waals surface area contributed by atoms with E-state index >= 15 is 0 Å². The van der Waals surface area contributed by atoms with E-state index in [4.69, 9.17) is 11.1 Å². The molecular formula is C47H65N11O8. The van der Waals surface area contributed by atoms with Crippen molar-refractivity contribution in [3.63, 3.8) is 0 Å². The van der Waals surface area contributed by atoms with Crippen molar-refractivity contribution in [2.24, 2.45) is 11.7 Å². The van der Waals surface area contributed by atoms with Gasteiger partial charge in [0.1, 0.15) is 36.3 Å². The Morgan fingerprint density at radius 3 is 2.30 bits per heavy atom. The summed E-state index contributed by atoms with van der Waals surface area (Å²) in [6, 6.07) is 9.66. The van der Waals surface area contributed by atoms with Crippen LogP contribution in [0.25, 0.3) is 10.9 Å². The lowest BCUT2D eigenvalue weighted by Gasteiger charge is -2.32. The van der Waals surface area contributed by atoms with E-state index < -0.39 is 83.7 Å². The van der Waals surface area contributed by atoms with Crippen molar-refractivity contribution in [3.05, 3.63) is 71.9 Å². The van der Waals surface area contributed by atoms with Crippen molar-refractivity contribution in [2.45, 2.75) is 133 Å². The number of para-hydroxylation sites is 1. The molecule has 66 heavy (non-hydrogen) atoms. The maximum absolute atomic E-state index is 14.6. The second-order valence-electron chi connectivity index (χ2n) is 17.8. The third-order valence-electron chi connectivity index (χ3n) is 12.7. The number of guanidine groups is 1. The predicted octanol–water partition coefficient (Wildman–Crippen LogP) is 0.502. The topological polar surface area (TPSA) is 293 Å². The number of rotatable bonds is 13. The summed E-state index contributed by atoms with van der Waals surface area (Å²) in [6.07, 6.45) is 6.26. The van der Waals surface area contributed by atoms with Crippen molar-refractivity contribution in [2.75, 3.05) is 19.6 Å². The van der Waals surface area contributed by atoms with Crippen LogP contribution in [0.15, 0.2) is 60.8 Å². The van der Waals surface area contributed by atoms with E-state index in [0.29, 0.717) is 6.42 Å². The summed E-state index contributed by atoms with van der Waals surface area (Å²) in [6.45, 7) is 1.32. The summed E-state index contributed by atoms with van der Waals surface area (Å²) in [5.74, 6) is -4.36. The molecule has 3 fully saturated rings. The molecule has 3 aromatic rings. The van der Waals surface area contributed by atoms with Crippen LogP contribution in [0, 0.1) is 11.3 Å². The Balaban J connectivity index is 1.32. The van der Waals surface area contributed by atoms with Crippen molar-refractivity contribution < 1.29 is 38.7 Å². The molecule has 0 bridgehead atoms. The van der Waals surface area contributed by atoms with E-state index in [0.717, 1.165) is 54.1 Å². The third-order valence-corrected chi connectivity index (χ3v) is 12.7. The van der Waals surface area contributed by atoms with Crippen LogP contribution in [-0.4, -0.2) is 124 Å². The Hall–Kier alpha value is -6.50. The molecule has 6 rings (SSSR count). The van der Waals surface area contributed by atoms with Gasteiger partial charge in [-0.2, -0.15) is 0 Å². The van der Waals surface area contributed by atoms with Crippen LogP contribution in [-0.2, 0) is 46.4 Å². The quantitative estimate of drug-likeness (QED) is 0.0642. The molecular weight excluding hydrogens is 847 g/mol. The number of hydrogen-bond donors (Lipinski definition) is 11. The van der Waals surface area contributed by atoms with Crippen molar-refractivity contribution in [1.29, 1.82) is 5.41 Å². The van der Waals surface area contributed by atoms with E-state index in [1.807, 2.05) is 42.5 Å². The minimum Gasteiger partial charge on any atom is -0.391 e. The first kappa shape index (κ1) is 48.9. The summed E-state index contributed by atoms with van der Waals surface area (Å²) >= 11 is 0. The van der Waals surface area contributed by atoms with Gasteiger partial charge in [0.05, 0.1) is 6.10 Å². The largest absolute Gasteiger partial charge is 0.391 e. The number of aromatic amines is 1. The normalized spacial score (nSPS) is 24.4. The summed E-state index contributed by atoms with van der Waals surface area (Å²) in [5, 5.41) is 39.1. The number of aromatic nitrogens is 1. The highest BCUT2D eigenvalue weighted by Gasteiger charge is 2.43. The second kappa shape index (κ2) is 23.6. The number of aliphatic hydroxyl groups excluding tert-OH is 1. The van der Waals surface area contributed by atoms with Gasteiger partial charge in [-0.25, -0.2) is 0 Å². The number of nitrogens with two attached hydrogens (primary N) is 1. The molecule has 19 heteroatoms. The minimum absolute atomic E-state index is 0.0110. The Bertz CT molecular complexity index is 2190. The number of nitrogens with one attached hydrogen (secondary N) is 9. The lowest BCUT2D eigenvalue weighted by molar-refractivity contribution is -0.143. The highest BCUT2D eigenvalue weighted by molar-refractivity contribution is 5.98. The number of carbonyl (C=O) groups is 7. The van der Waals surface area contributed by atoms with Gasteiger partial charge in [-0.3, -0.25) is 39.0 Å². The summed E-state index contributed by atoms with van der Waals surface area (Å²) in [4.78, 5) is 103. The second-order valence-corrected chi connectivity index (χ2v) is 17.8. The van der Waals surface area contributed by atoms with Crippen LogP contribution < -0.4 is 43.0 Å². The third kappa shape index (κ3) is 13.8. The first-order chi connectivity index (χ1) is 31.7. The molecule has 7 amide bonds. The van der Waals surface area contributed by atoms with Gasteiger partial charge in [0.2, 0.25) is 41.4 Å². The number of benzene rings is 2.